The summed E-state index contributed by atoms with van der Waals surface area (Å²) in [5.41, 5.74) is 3.36. The molecule has 2 amide bonds. The van der Waals surface area contributed by atoms with Gasteiger partial charge in [0.1, 0.15) is 5.57 Å². The van der Waals surface area contributed by atoms with Crippen LogP contribution in [0.25, 0.3) is 6.08 Å². The van der Waals surface area contributed by atoms with E-state index in [0.717, 1.165) is 16.8 Å². The van der Waals surface area contributed by atoms with E-state index in [-0.39, 0.29) is 16.2 Å². The highest BCUT2D eigenvalue weighted by Crippen LogP contribution is 2.25. The van der Waals surface area contributed by atoms with E-state index in [0.29, 0.717) is 5.69 Å². The molecule has 5 nitrogen and oxygen atoms in total. The van der Waals surface area contributed by atoms with Gasteiger partial charge in [-0.3, -0.25) is 19.8 Å². The highest BCUT2D eigenvalue weighted by Gasteiger charge is 2.35. The number of anilines is 1. The number of hydrogen-bond acceptors (Lipinski definition) is 3. The lowest BCUT2D eigenvalue weighted by molar-refractivity contribution is -0.122. The largest absolute Gasteiger partial charge is 0.343 e. The highest BCUT2D eigenvalue weighted by molar-refractivity contribution is 7.80. The van der Waals surface area contributed by atoms with Gasteiger partial charge >= 0.3 is 0 Å². The van der Waals surface area contributed by atoms with Crippen molar-refractivity contribution < 1.29 is 9.59 Å². The van der Waals surface area contributed by atoms with E-state index in [1.165, 1.54) is 4.90 Å². The molecule has 27 heavy (non-hydrogen) atoms. The second-order valence-electron chi connectivity index (χ2n) is 7.78. The Morgan fingerprint density at radius 3 is 2.30 bits per heavy atom. The van der Waals surface area contributed by atoms with Gasteiger partial charge in [-0.05, 0) is 88.3 Å². The summed E-state index contributed by atoms with van der Waals surface area (Å²) in [7, 11) is 0. The van der Waals surface area contributed by atoms with E-state index in [4.69, 9.17) is 12.2 Å². The standard InChI is InChI=1S/C21H23N3O2S/c1-13-9-14(2)11-16(10-13)24-19(26)17(18(25)22-20(24)27)12-15-7-6-8-23(15)21(3,4)5/h6-12H,1-5H3,(H,22,25,27)/b17-12+. The maximum atomic E-state index is 13.2. The fourth-order valence-corrected chi connectivity index (χ4v) is 3.52. The van der Waals surface area contributed by atoms with Crippen LogP contribution in [0.1, 0.15) is 37.6 Å². The lowest BCUT2D eigenvalue weighted by atomic mass is 10.1. The molecule has 1 saturated heterocycles. The topological polar surface area (TPSA) is 54.3 Å². The number of amides is 2. The van der Waals surface area contributed by atoms with Crippen LogP contribution >= 0.6 is 12.2 Å². The molecule has 0 atom stereocenters. The van der Waals surface area contributed by atoms with E-state index in [9.17, 15) is 9.59 Å². The Kier molecular flexibility index (Phi) is 4.78. The average Bonchev–Trinajstić information content (AvgIpc) is 2.98. The minimum absolute atomic E-state index is 0.0620. The SMILES string of the molecule is Cc1cc(C)cc(N2C(=O)/C(=C/c3cccn3C(C)(C)C)C(=O)NC2=S)c1. The van der Waals surface area contributed by atoms with Crippen molar-refractivity contribution in [3.63, 3.8) is 0 Å². The molecular weight excluding hydrogens is 358 g/mol. The van der Waals surface area contributed by atoms with Crippen molar-refractivity contribution in [3.05, 3.63) is 58.9 Å². The molecule has 0 unspecified atom stereocenters. The second-order valence-corrected chi connectivity index (χ2v) is 8.16. The van der Waals surface area contributed by atoms with Crippen LogP contribution in [0.3, 0.4) is 0 Å². The Morgan fingerprint density at radius 2 is 1.70 bits per heavy atom. The van der Waals surface area contributed by atoms with Crippen LogP contribution in [0, 0.1) is 13.8 Å². The Balaban J connectivity index is 2.07. The molecule has 140 valence electrons. The normalized spacial score (nSPS) is 16.9. The maximum absolute atomic E-state index is 13.2. The Bertz CT molecular complexity index is 959. The summed E-state index contributed by atoms with van der Waals surface area (Å²) in [6, 6.07) is 9.56. The van der Waals surface area contributed by atoms with Gasteiger partial charge in [0.2, 0.25) is 0 Å². The molecule has 1 aliphatic rings. The number of nitrogens with zero attached hydrogens (tertiary/aromatic N) is 2. The van der Waals surface area contributed by atoms with Crippen LogP contribution in [0.2, 0.25) is 0 Å². The van der Waals surface area contributed by atoms with Crippen molar-refractivity contribution >= 4 is 40.9 Å². The number of carbonyl (C=O) groups is 2. The third kappa shape index (κ3) is 3.71. The highest BCUT2D eigenvalue weighted by atomic mass is 32.1. The molecule has 0 radical (unpaired) electrons. The molecule has 1 N–H and O–H groups in total. The van der Waals surface area contributed by atoms with Crippen LogP contribution in [-0.2, 0) is 15.1 Å². The fraction of sp³-hybridized carbons (Fsp3) is 0.286. The van der Waals surface area contributed by atoms with Gasteiger partial charge in [-0.25, -0.2) is 0 Å². The van der Waals surface area contributed by atoms with Gasteiger partial charge in [0, 0.05) is 17.4 Å². The fourth-order valence-electron chi connectivity index (χ4n) is 3.24. The summed E-state index contributed by atoms with van der Waals surface area (Å²) >= 11 is 5.28. The van der Waals surface area contributed by atoms with Crippen LogP contribution in [0.4, 0.5) is 5.69 Å². The van der Waals surface area contributed by atoms with Crippen molar-refractivity contribution in [2.45, 2.75) is 40.2 Å². The first kappa shape index (κ1) is 19.0. The lowest BCUT2D eigenvalue weighted by Crippen LogP contribution is -2.54. The first-order valence-corrected chi connectivity index (χ1v) is 9.16. The molecular formula is C21H23N3O2S. The molecule has 0 bridgehead atoms. The molecule has 0 saturated carbocycles. The van der Waals surface area contributed by atoms with E-state index in [1.54, 1.807) is 6.08 Å². The Hall–Kier alpha value is -2.73. The van der Waals surface area contributed by atoms with E-state index < -0.39 is 11.8 Å². The van der Waals surface area contributed by atoms with Crippen LogP contribution in [0.15, 0.2) is 42.1 Å². The smallest absolute Gasteiger partial charge is 0.270 e. The van der Waals surface area contributed by atoms with Crippen molar-refractivity contribution in [3.8, 4) is 0 Å². The second kappa shape index (κ2) is 6.78. The first-order chi connectivity index (χ1) is 12.6. The average molecular weight is 382 g/mol. The molecule has 1 fully saturated rings. The number of aromatic nitrogens is 1. The summed E-state index contributed by atoms with van der Waals surface area (Å²) in [5, 5.41) is 2.73. The zero-order chi connectivity index (χ0) is 19.9. The van der Waals surface area contributed by atoms with E-state index in [2.05, 4.69) is 26.1 Å². The molecule has 0 aliphatic carbocycles. The van der Waals surface area contributed by atoms with Gasteiger partial charge in [0.25, 0.3) is 11.8 Å². The Labute approximate surface area is 164 Å². The van der Waals surface area contributed by atoms with Crippen molar-refractivity contribution in [1.82, 2.24) is 9.88 Å². The quantitative estimate of drug-likeness (QED) is 0.490. The van der Waals surface area contributed by atoms with Gasteiger partial charge in [-0.2, -0.15) is 0 Å². The summed E-state index contributed by atoms with van der Waals surface area (Å²) in [6.45, 7) is 10.1. The van der Waals surface area contributed by atoms with Gasteiger partial charge in [-0.15, -0.1) is 0 Å². The summed E-state index contributed by atoms with van der Waals surface area (Å²) in [5.74, 6) is -0.900. The van der Waals surface area contributed by atoms with Gasteiger partial charge in [0.15, 0.2) is 5.11 Å². The summed E-state index contributed by atoms with van der Waals surface area (Å²) in [4.78, 5) is 27.0. The molecule has 1 aliphatic heterocycles. The van der Waals surface area contributed by atoms with Crippen molar-refractivity contribution in [2.75, 3.05) is 4.90 Å². The van der Waals surface area contributed by atoms with Gasteiger partial charge in [0.05, 0.1) is 5.69 Å². The van der Waals surface area contributed by atoms with Crippen LogP contribution in [-0.4, -0.2) is 21.5 Å². The van der Waals surface area contributed by atoms with Gasteiger partial charge in [-0.1, -0.05) is 6.07 Å². The molecule has 1 aromatic carbocycles. The molecule has 1 aromatic heterocycles. The van der Waals surface area contributed by atoms with Crippen LogP contribution in [0.5, 0.6) is 0 Å². The minimum atomic E-state index is -0.479. The Morgan fingerprint density at radius 1 is 1.07 bits per heavy atom. The molecule has 0 spiro atoms. The zero-order valence-electron chi connectivity index (χ0n) is 16.2. The van der Waals surface area contributed by atoms with E-state index in [1.807, 2.05) is 54.9 Å². The molecule has 2 heterocycles. The van der Waals surface area contributed by atoms with Crippen molar-refractivity contribution in [2.24, 2.45) is 0 Å². The zero-order valence-corrected chi connectivity index (χ0v) is 17.0. The monoisotopic (exact) mass is 381 g/mol. The van der Waals surface area contributed by atoms with Crippen LogP contribution < -0.4 is 10.2 Å². The summed E-state index contributed by atoms with van der Waals surface area (Å²) < 4.78 is 2.02. The number of rotatable bonds is 2. The van der Waals surface area contributed by atoms with Gasteiger partial charge < -0.3 is 4.57 Å². The first-order valence-electron chi connectivity index (χ1n) is 8.75. The number of nitrogens with one attached hydrogen (secondary N) is 1. The molecule has 2 aromatic rings. The predicted molar refractivity (Wildman–Crippen MR) is 112 cm³/mol. The van der Waals surface area contributed by atoms with E-state index >= 15 is 0 Å². The predicted octanol–water partition coefficient (Wildman–Crippen LogP) is 3.69. The lowest BCUT2D eigenvalue weighted by Gasteiger charge is -2.30. The third-order valence-electron chi connectivity index (χ3n) is 4.36. The number of thiocarbonyl (C=S) groups is 1. The number of carbonyl (C=O) groups excluding carboxylic acids is 2. The molecule has 6 heteroatoms. The third-order valence-corrected chi connectivity index (χ3v) is 4.65. The molecule has 3 rings (SSSR count). The number of benzene rings is 1. The number of hydrogen-bond donors (Lipinski definition) is 1. The minimum Gasteiger partial charge on any atom is -0.343 e. The maximum Gasteiger partial charge on any atom is 0.270 e. The van der Waals surface area contributed by atoms with Crippen molar-refractivity contribution in [1.29, 1.82) is 0 Å². The number of aryl methyl sites for hydroxylation is 2. The summed E-state index contributed by atoms with van der Waals surface area (Å²) in [6.07, 6.45) is 3.56.